The van der Waals surface area contributed by atoms with Crippen LogP contribution in [0, 0.1) is 0 Å². The topological polar surface area (TPSA) is 32.3 Å². The van der Waals surface area contributed by atoms with Crippen LogP contribution in [0.25, 0.3) is 0 Å². The number of hydrogen-bond acceptors (Lipinski definition) is 2. The summed E-state index contributed by atoms with van der Waals surface area (Å²) in [5, 5.41) is 3.28. The van der Waals surface area contributed by atoms with Gasteiger partial charge in [-0.1, -0.05) is 19.8 Å². The zero-order chi connectivity index (χ0) is 12.0. The first-order valence-electron chi connectivity index (χ1n) is 6.71. The Balaban J connectivity index is 2.36. The lowest BCUT2D eigenvalue weighted by molar-refractivity contribution is -0.132. The van der Waals surface area contributed by atoms with Gasteiger partial charge >= 0.3 is 0 Å². The first-order chi connectivity index (χ1) is 7.69. The molecule has 0 spiro atoms. The highest BCUT2D eigenvalue weighted by Gasteiger charge is 2.24. The molecule has 1 saturated carbocycles. The molecule has 1 aliphatic rings. The van der Waals surface area contributed by atoms with Gasteiger partial charge in [0.2, 0.25) is 5.91 Å². The van der Waals surface area contributed by atoms with Gasteiger partial charge < -0.3 is 10.2 Å². The minimum atomic E-state index is 0.273. The molecule has 0 bridgehead atoms. The molecule has 1 amide bonds. The molecule has 0 aromatic heterocycles. The smallest absolute Gasteiger partial charge is 0.236 e. The van der Waals surface area contributed by atoms with Crippen molar-refractivity contribution < 1.29 is 4.79 Å². The molecule has 1 aliphatic carbocycles. The van der Waals surface area contributed by atoms with Gasteiger partial charge in [-0.15, -0.1) is 0 Å². The van der Waals surface area contributed by atoms with E-state index >= 15 is 0 Å². The Morgan fingerprint density at radius 1 is 1.38 bits per heavy atom. The van der Waals surface area contributed by atoms with Gasteiger partial charge in [-0.3, -0.25) is 4.79 Å². The Hall–Kier alpha value is -0.570. The average Bonchev–Trinajstić information content (AvgIpc) is 2.80. The van der Waals surface area contributed by atoms with Crippen LogP contribution < -0.4 is 5.32 Å². The van der Waals surface area contributed by atoms with Gasteiger partial charge in [-0.25, -0.2) is 0 Å². The van der Waals surface area contributed by atoms with Crippen LogP contribution in [0.3, 0.4) is 0 Å². The molecule has 0 saturated heterocycles. The average molecular weight is 226 g/mol. The molecule has 1 rings (SSSR count). The largest absolute Gasteiger partial charge is 0.339 e. The van der Waals surface area contributed by atoms with E-state index in [4.69, 9.17) is 0 Å². The number of amides is 1. The number of hydrogen-bond donors (Lipinski definition) is 1. The summed E-state index contributed by atoms with van der Waals surface area (Å²) in [6.07, 6.45) is 6.04. The summed E-state index contributed by atoms with van der Waals surface area (Å²) in [6, 6.07) is 0.947. The van der Waals surface area contributed by atoms with E-state index in [-0.39, 0.29) is 5.91 Å². The van der Waals surface area contributed by atoms with E-state index in [1.807, 2.05) is 0 Å². The van der Waals surface area contributed by atoms with Gasteiger partial charge in [0.25, 0.3) is 0 Å². The van der Waals surface area contributed by atoms with Crippen LogP contribution in [0.1, 0.15) is 52.9 Å². The Morgan fingerprint density at radius 2 is 2.00 bits per heavy atom. The fourth-order valence-corrected chi connectivity index (χ4v) is 2.36. The van der Waals surface area contributed by atoms with Gasteiger partial charge in [0.05, 0.1) is 6.54 Å². The summed E-state index contributed by atoms with van der Waals surface area (Å²) in [5.41, 5.74) is 0. The number of likely N-dealkylation sites (N-methyl/N-ethyl adjacent to an activating group) is 1. The van der Waals surface area contributed by atoms with Crippen LogP contribution in [0.4, 0.5) is 0 Å². The van der Waals surface area contributed by atoms with Crippen molar-refractivity contribution >= 4 is 5.91 Å². The van der Waals surface area contributed by atoms with E-state index in [0.717, 1.165) is 13.0 Å². The van der Waals surface area contributed by atoms with Crippen molar-refractivity contribution in [3.63, 3.8) is 0 Å². The van der Waals surface area contributed by atoms with Gasteiger partial charge in [-0.2, -0.15) is 0 Å². The van der Waals surface area contributed by atoms with Crippen molar-refractivity contribution in [3.05, 3.63) is 0 Å². The molecule has 1 N–H and O–H groups in total. The van der Waals surface area contributed by atoms with Crippen molar-refractivity contribution in [3.8, 4) is 0 Å². The normalized spacial score (nSPS) is 18.7. The van der Waals surface area contributed by atoms with Gasteiger partial charge in [0.15, 0.2) is 0 Å². The molecule has 0 aromatic carbocycles. The second-order valence-electron chi connectivity index (χ2n) is 4.81. The minimum Gasteiger partial charge on any atom is -0.339 e. The molecular weight excluding hydrogens is 200 g/mol. The van der Waals surface area contributed by atoms with Gasteiger partial charge in [0.1, 0.15) is 0 Å². The highest BCUT2D eigenvalue weighted by molar-refractivity contribution is 5.78. The summed E-state index contributed by atoms with van der Waals surface area (Å²) in [5.74, 6) is 0.273. The minimum absolute atomic E-state index is 0.273. The quantitative estimate of drug-likeness (QED) is 0.753. The number of rotatable bonds is 6. The third-order valence-corrected chi connectivity index (χ3v) is 3.64. The maximum Gasteiger partial charge on any atom is 0.236 e. The molecule has 16 heavy (non-hydrogen) atoms. The van der Waals surface area contributed by atoms with Crippen molar-refractivity contribution in [2.75, 3.05) is 13.1 Å². The van der Waals surface area contributed by atoms with Gasteiger partial charge in [-0.05, 0) is 33.1 Å². The van der Waals surface area contributed by atoms with Crippen molar-refractivity contribution in [1.29, 1.82) is 0 Å². The van der Waals surface area contributed by atoms with E-state index in [2.05, 4.69) is 31.0 Å². The van der Waals surface area contributed by atoms with E-state index in [1.165, 1.54) is 25.7 Å². The first kappa shape index (κ1) is 13.5. The SMILES string of the molecule is CCC(C)NCC(=O)N(CC)C1CCCC1. The fraction of sp³-hybridized carbons (Fsp3) is 0.923. The van der Waals surface area contributed by atoms with Gasteiger partial charge in [0, 0.05) is 18.6 Å². The van der Waals surface area contributed by atoms with E-state index in [0.29, 0.717) is 18.6 Å². The predicted octanol–water partition coefficient (Wildman–Crippen LogP) is 2.17. The molecule has 1 fully saturated rings. The fourth-order valence-electron chi connectivity index (χ4n) is 2.36. The maximum absolute atomic E-state index is 12.0. The van der Waals surface area contributed by atoms with E-state index in [1.54, 1.807) is 0 Å². The molecular formula is C13H26N2O. The summed E-state index contributed by atoms with van der Waals surface area (Å²) in [4.78, 5) is 14.1. The number of carbonyl (C=O) groups excluding carboxylic acids is 1. The molecule has 3 heteroatoms. The van der Waals surface area contributed by atoms with Crippen molar-refractivity contribution in [2.45, 2.75) is 65.0 Å². The molecule has 1 unspecified atom stereocenters. The number of carbonyl (C=O) groups is 1. The molecule has 94 valence electrons. The summed E-state index contributed by atoms with van der Waals surface area (Å²) < 4.78 is 0. The Labute approximate surface area is 99.6 Å². The third-order valence-electron chi connectivity index (χ3n) is 3.64. The van der Waals surface area contributed by atoms with Crippen LogP contribution in [-0.4, -0.2) is 36.0 Å². The van der Waals surface area contributed by atoms with E-state index in [9.17, 15) is 4.79 Å². The molecule has 0 aliphatic heterocycles. The Bertz CT molecular complexity index is 212. The first-order valence-corrected chi connectivity index (χ1v) is 6.71. The molecule has 0 aromatic rings. The van der Waals surface area contributed by atoms with Crippen molar-refractivity contribution in [1.82, 2.24) is 10.2 Å². The second-order valence-corrected chi connectivity index (χ2v) is 4.81. The van der Waals surface area contributed by atoms with Crippen molar-refractivity contribution in [2.24, 2.45) is 0 Å². The van der Waals surface area contributed by atoms with Crippen LogP contribution in [0.2, 0.25) is 0 Å². The zero-order valence-corrected chi connectivity index (χ0v) is 11.0. The highest BCUT2D eigenvalue weighted by Crippen LogP contribution is 2.23. The lowest BCUT2D eigenvalue weighted by Crippen LogP contribution is -2.45. The Morgan fingerprint density at radius 3 is 2.50 bits per heavy atom. The standard InChI is InChI=1S/C13H26N2O/c1-4-11(3)14-10-13(16)15(5-2)12-8-6-7-9-12/h11-12,14H,4-10H2,1-3H3. The molecule has 1 atom stereocenters. The second kappa shape index (κ2) is 6.89. The lowest BCUT2D eigenvalue weighted by Gasteiger charge is -2.28. The van der Waals surface area contributed by atoms with Crippen LogP contribution in [0.5, 0.6) is 0 Å². The third kappa shape index (κ3) is 3.78. The van der Waals surface area contributed by atoms with E-state index < -0.39 is 0 Å². The maximum atomic E-state index is 12.0. The molecule has 3 nitrogen and oxygen atoms in total. The zero-order valence-electron chi connectivity index (χ0n) is 11.0. The Kier molecular flexibility index (Phi) is 5.81. The monoisotopic (exact) mass is 226 g/mol. The predicted molar refractivity (Wildman–Crippen MR) is 67.4 cm³/mol. The molecule has 0 radical (unpaired) electrons. The number of nitrogens with one attached hydrogen (secondary N) is 1. The summed E-state index contributed by atoms with van der Waals surface area (Å²) in [7, 11) is 0. The lowest BCUT2D eigenvalue weighted by atomic mass is 10.2. The summed E-state index contributed by atoms with van der Waals surface area (Å²) in [6.45, 7) is 7.69. The summed E-state index contributed by atoms with van der Waals surface area (Å²) >= 11 is 0. The highest BCUT2D eigenvalue weighted by atomic mass is 16.2. The molecule has 0 heterocycles. The van der Waals surface area contributed by atoms with Crippen LogP contribution >= 0.6 is 0 Å². The number of nitrogens with zero attached hydrogens (tertiary/aromatic N) is 1. The van der Waals surface area contributed by atoms with Crippen LogP contribution in [0.15, 0.2) is 0 Å². The van der Waals surface area contributed by atoms with Crippen LogP contribution in [-0.2, 0) is 4.79 Å².